The molecule has 0 saturated heterocycles. The SMILES string of the molecule is CC(Nc1ccc(SC2CCCC2)cc1)c1nccn1C. The molecule has 0 amide bonds. The number of aryl methyl sites for hydroxylation is 1. The van der Waals surface area contributed by atoms with E-state index in [-0.39, 0.29) is 6.04 Å². The third kappa shape index (κ3) is 3.62. The third-order valence-corrected chi connectivity index (χ3v) is 5.44. The molecule has 21 heavy (non-hydrogen) atoms. The summed E-state index contributed by atoms with van der Waals surface area (Å²) in [6.07, 6.45) is 9.38. The van der Waals surface area contributed by atoms with Gasteiger partial charge >= 0.3 is 0 Å². The van der Waals surface area contributed by atoms with E-state index in [4.69, 9.17) is 0 Å². The van der Waals surface area contributed by atoms with Crippen molar-refractivity contribution in [2.45, 2.75) is 48.8 Å². The molecule has 3 rings (SSSR count). The first kappa shape index (κ1) is 14.5. The number of hydrogen-bond donors (Lipinski definition) is 1. The summed E-state index contributed by atoms with van der Waals surface area (Å²) in [5.74, 6) is 1.06. The van der Waals surface area contributed by atoms with E-state index in [2.05, 4.69) is 46.1 Å². The van der Waals surface area contributed by atoms with Crippen molar-refractivity contribution < 1.29 is 0 Å². The van der Waals surface area contributed by atoms with E-state index in [1.807, 2.05) is 31.2 Å². The molecule has 4 heteroatoms. The fourth-order valence-corrected chi connectivity index (χ4v) is 4.18. The quantitative estimate of drug-likeness (QED) is 0.873. The molecule has 112 valence electrons. The van der Waals surface area contributed by atoms with Crippen molar-refractivity contribution in [3.05, 3.63) is 42.5 Å². The molecular weight excluding hydrogens is 278 g/mol. The van der Waals surface area contributed by atoms with Crippen molar-refractivity contribution in [1.82, 2.24) is 9.55 Å². The van der Waals surface area contributed by atoms with E-state index in [0.29, 0.717) is 0 Å². The van der Waals surface area contributed by atoms with Crippen LogP contribution in [0.3, 0.4) is 0 Å². The first-order valence-electron chi connectivity index (χ1n) is 7.73. The minimum absolute atomic E-state index is 0.207. The number of imidazole rings is 1. The summed E-state index contributed by atoms with van der Waals surface area (Å²) >= 11 is 2.03. The van der Waals surface area contributed by atoms with Gasteiger partial charge in [0.25, 0.3) is 0 Å². The fourth-order valence-electron chi connectivity index (χ4n) is 2.94. The van der Waals surface area contributed by atoms with Crippen LogP contribution in [0.15, 0.2) is 41.6 Å². The van der Waals surface area contributed by atoms with E-state index < -0.39 is 0 Å². The number of hydrogen-bond acceptors (Lipinski definition) is 3. The summed E-state index contributed by atoms with van der Waals surface area (Å²) in [4.78, 5) is 5.78. The molecule has 3 nitrogen and oxygen atoms in total. The topological polar surface area (TPSA) is 29.9 Å². The van der Waals surface area contributed by atoms with Gasteiger partial charge in [0.2, 0.25) is 0 Å². The maximum absolute atomic E-state index is 4.39. The molecule has 1 aromatic heterocycles. The lowest BCUT2D eigenvalue weighted by molar-refractivity contribution is 0.721. The summed E-state index contributed by atoms with van der Waals surface area (Å²) in [7, 11) is 2.03. The van der Waals surface area contributed by atoms with Crippen molar-refractivity contribution >= 4 is 17.4 Å². The van der Waals surface area contributed by atoms with Gasteiger partial charge in [0.1, 0.15) is 5.82 Å². The minimum Gasteiger partial charge on any atom is -0.375 e. The second-order valence-corrected chi connectivity index (χ2v) is 7.18. The molecule has 0 radical (unpaired) electrons. The summed E-state index contributed by atoms with van der Waals surface area (Å²) < 4.78 is 2.06. The standard InChI is InChI=1S/C17H23N3S/c1-13(17-18-11-12-20(17)2)19-14-7-9-16(10-8-14)21-15-5-3-4-6-15/h7-13,15,19H,3-6H2,1-2H3. The summed E-state index contributed by atoms with van der Waals surface area (Å²) in [6, 6.07) is 9.03. The number of thioether (sulfide) groups is 1. The second kappa shape index (κ2) is 6.56. The van der Waals surface area contributed by atoms with Crippen molar-refractivity contribution in [1.29, 1.82) is 0 Å². The highest BCUT2D eigenvalue weighted by Gasteiger charge is 2.16. The van der Waals surface area contributed by atoms with Gasteiger partial charge in [-0.05, 0) is 44.0 Å². The Hall–Kier alpha value is -1.42. The van der Waals surface area contributed by atoms with E-state index in [0.717, 1.165) is 16.8 Å². The van der Waals surface area contributed by atoms with Gasteiger partial charge < -0.3 is 9.88 Å². The summed E-state index contributed by atoms with van der Waals surface area (Å²) in [5.41, 5.74) is 1.15. The van der Waals surface area contributed by atoms with Crippen LogP contribution in [0.2, 0.25) is 0 Å². The second-order valence-electron chi connectivity index (χ2n) is 5.81. The van der Waals surface area contributed by atoms with Crippen LogP contribution in [0.1, 0.15) is 44.5 Å². The highest BCUT2D eigenvalue weighted by Crippen LogP contribution is 2.35. The first-order valence-corrected chi connectivity index (χ1v) is 8.61. The molecule has 1 saturated carbocycles. The largest absolute Gasteiger partial charge is 0.375 e. The van der Waals surface area contributed by atoms with E-state index in [1.54, 1.807) is 0 Å². The van der Waals surface area contributed by atoms with Gasteiger partial charge in [-0.15, -0.1) is 11.8 Å². The number of nitrogens with zero attached hydrogens (tertiary/aromatic N) is 2. The van der Waals surface area contributed by atoms with Crippen LogP contribution in [0, 0.1) is 0 Å². The van der Waals surface area contributed by atoms with Gasteiger partial charge in [-0.2, -0.15) is 0 Å². The number of rotatable bonds is 5. The molecule has 1 fully saturated rings. The van der Waals surface area contributed by atoms with Crippen LogP contribution in [0.4, 0.5) is 5.69 Å². The van der Waals surface area contributed by atoms with E-state index in [1.165, 1.54) is 30.6 Å². The Balaban J connectivity index is 1.60. The molecule has 1 aliphatic carbocycles. The molecule has 0 spiro atoms. The smallest absolute Gasteiger partial charge is 0.130 e. The van der Waals surface area contributed by atoms with Gasteiger partial charge in [-0.1, -0.05) is 12.8 Å². The summed E-state index contributed by atoms with van der Waals surface area (Å²) in [6.45, 7) is 2.14. The highest BCUT2D eigenvalue weighted by molar-refractivity contribution is 8.00. The molecule has 1 atom stereocenters. The zero-order valence-corrected chi connectivity index (χ0v) is 13.6. The molecule has 1 aliphatic rings. The number of aromatic nitrogens is 2. The predicted octanol–water partition coefficient (Wildman–Crippen LogP) is 4.63. The lowest BCUT2D eigenvalue weighted by Gasteiger charge is -2.16. The zero-order valence-electron chi connectivity index (χ0n) is 12.7. The number of nitrogens with one attached hydrogen (secondary N) is 1. The van der Waals surface area contributed by atoms with Crippen LogP contribution in [-0.2, 0) is 7.05 Å². The van der Waals surface area contributed by atoms with Crippen LogP contribution >= 0.6 is 11.8 Å². The van der Waals surface area contributed by atoms with Gasteiger partial charge in [0, 0.05) is 35.3 Å². The lowest BCUT2D eigenvalue weighted by Crippen LogP contribution is -2.11. The van der Waals surface area contributed by atoms with Crippen molar-refractivity contribution in [3.63, 3.8) is 0 Å². The maximum atomic E-state index is 4.39. The normalized spacial score (nSPS) is 17.0. The van der Waals surface area contributed by atoms with Gasteiger partial charge in [0.15, 0.2) is 0 Å². The van der Waals surface area contributed by atoms with Crippen molar-refractivity contribution in [2.24, 2.45) is 7.05 Å². The highest BCUT2D eigenvalue weighted by atomic mass is 32.2. The molecule has 0 bridgehead atoms. The number of benzene rings is 1. The van der Waals surface area contributed by atoms with Crippen LogP contribution in [0.5, 0.6) is 0 Å². The maximum Gasteiger partial charge on any atom is 0.130 e. The Kier molecular flexibility index (Phi) is 4.54. The molecule has 0 aliphatic heterocycles. The lowest BCUT2D eigenvalue weighted by atomic mass is 10.2. The van der Waals surface area contributed by atoms with E-state index >= 15 is 0 Å². The average molecular weight is 301 g/mol. The average Bonchev–Trinajstić information content (AvgIpc) is 3.12. The van der Waals surface area contributed by atoms with E-state index in [9.17, 15) is 0 Å². The van der Waals surface area contributed by atoms with Crippen LogP contribution < -0.4 is 5.32 Å². The Bertz CT molecular complexity index is 570. The molecule has 2 aromatic rings. The number of anilines is 1. The van der Waals surface area contributed by atoms with Crippen LogP contribution in [-0.4, -0.2) is 14.8 Å². The van der Waals surface area contributed by atoms with Crippen molar-refractivity contribution in [3.8, 4) is 0 Å². The Labute approximate surface area is 131 Å². The van der Waals surface area contributed by atoms with Gasteiger partial charge in [0.05, 0.1) is 6.04 Å². The molecule has 1 aromatic carbocycles. The zero-order chi connectivity index (χ0) is 14.7. The monoisotopic (exact) mass is 301 g/mol. The Morgan fingerprint density at radius 1 is 1.24 bits per heavy atom. The van der Waals surface area contributed by atoms with Crippen LogP contribution in [0.25, 0.3) is 0 Å². The predicted molar refractivity (Wildman–Crippen MR) is 89.8 cm³/mol. The van der Waals surface area contributed by atoms with Crippen molar-refractivity contribution in [2.75, 3.05) is 5.32 Å². The third-order valence-electron chi connectivity index (χ3n) is 4.09. The fraction of sp³-hybridized carbons (Fsp3) is 0.471. The molecular formula is C17H23N3S. The first-order chi connectivity index (χ1) is 10.2. The Morgan fingerprint density at radius 2 is 1.95 bits per heavy atom. The molecule has 1 N–H and O–H groups in total. The Morgan fingerprint density at radius 3 is 2.57 bits per heavy atom. The molecule has 1 unspecified atom stereocenters. The summed E-state index contributed by atoms with van der Waals surface area (Å²) in [5, 5.41) is 4.34. The minimum atomic E-state index is 0.207. The molecule has 1 heterocycles. The van der Waals surface area contributed by atoms with Gasteiger partial charge in [-0.25, -0.2) is 4.98 Å². The van der Waals surface area contributed by atoms with Gasteiger partial charge in [-0.3, -0.25) is 0 Å².